The van der Waals surface area contributed by atoms with Crippen molar-refractivity contribution < 1.29 is 9.53 Å². The van der Waals surface area contributed by atoms with Gasteiger partial charge in [-0.25, -0.2) is 0 Å². The molecule has 2 aliphatic rings. The fourth-order valence-electron chi connectivity index (χ4n) is 3.88. The molecule has 3 rings (SSSR count). The summed E-state index contributed by atoms with van der Waals surface area (Å²) in [4.78, 5) is 14.5. The number of likely N-dealkylation sites (N-methyl/N-ethyl adjacent to an activating group) is 1. The number of hydrogen-bond donors (Lipinski definition) is 0. The average Bonchev–Trinajstić information content (AvgIpc) is 2.92. The molecular formula is C15H19NO2. The van der Waals surface area contributed by atoms with E-state index >= 15 is 0 Å². The van der Waals surface area contributed by atoms with Gasteiger partial charge in [-0.15, -0.1) is 0 Å². The second kappa shape index (κ2) is 4.39. The molecule has 2 saturated heterocycles. The predicted molar refractivity (Wildman–Crippen MR) is 69.3 cm³/mol. The van der Waals surface area contributed by atoms with E-state index in [0.717, 1.165) is 6.42 Å². The first-order valence-electron chi connectivity index (χ1n) is 6.58. The average molecular weight is 245 g/mol. The first kappa shape index (κ1) is 11.7. The number of methoxy groups -OCH3 is 1. The van der Waals surface area contributed by atoms with Crippen LogP contribution in [-0.4, -0.2) is 37.1 Å². The molecule has 0 spiro atoms. The van der Waals surface area contributed by atoms with Crippen LogP contribution in [0.4, 0.5) is 0 Å². The van der Waals surface area contributed by atoms with Gasteiger partial charge in [-0.3, -0.25) is 9.69 Å². The molecule has 2 heterocycles. The van der Waals surface area contributed by atoms with Crippen molar-refractivity contribution in [3.63, 3.8) is 0 Å². The van der Waals surface area contributed by atoms with Crippen molar-refractivity contribution in [1.29, 1.82) is 0 Å². The summed E-state index contributed by atoms with van der Waals surface area (Å²) in [6, 6.07) is 11.2. The Balaban J connectivity index is 1.98. The monoisotopic (exact) mass is 245 g/mol. The van der Waals surface area contributed by atoms with Crippen LogP contribution in [0, 0.1) is 5.92 Å². The van der Waals surface area contributed by atoms with Crippen LogP contribution in [0.3, 0.4) is 0 Å². The van der Waals surface area contributed by atoms with Crippen LogP contribution in [0.2, 0.25) is 0 Å². The Bertz CT molecular complexity index is 445. The molecule has 0 aromatic heterocycles. The van der Waals surface area contributed by atoms with E-state index in [2.05, 4.69) is 36.2 Å². The maximum Gasteiger partial charge on any atom is 0.310 e. The van der Waals surface area contributed by atoms with E-state index in [1.807, 2.05) is 6.07 Å². The molecule has 2 aliphatic heterocycles. The van der Waals surface area contributed by atoms with Gasteiger partial charge in [0.2, 0.25) is 0 Å². The minimum Gasteiger partial charge on any atom is -0.469 e. The van der Waals surface area contributed by atoms with Crippen LogP contribution in [0.25, 0.3) is 0 Å². The van der Waals surface area contributed by atoms with E-state index < -0.39 is 0 Å². The zero-order valence-electron chi connectivity index (χ0n) is 10.9. The highest BCUT2D eigenvalue weighted by atomic mass is 16.5. The van der Waals surface area contributed by atoms with Gasteiger partial charge < -0.3 is 4.74 Å². The second-order valence-corrected chi connectivity index (χ2v) is 5.36. The lowest BCUT2D eigenvalue weighted by atomic mass is 9.75. The molecular weight excluding hydrogens is 226 g/mol. The van der Waals surface area contributed by atoms with E-state index in [4.69, 9.17) is 4.74 Å². The molecule has 2 unspecified atom stereocenters. The van der Waals surface area contributed by atoms with Crippen molar-refractivity contribution in [2.45, 2.75) is 30.8 Å². The van der Waals surface area contributed by atoms with Gasteiger partial charge >= 0.3 is 5.97 Å². The summed E-state index contributed by atoms with van der Waals surface area (Å²) in [5, 5.41) is 0. The minimum absolute atomic E-state index is 0.00106. The molecule has 0 saturated carbocycles. The van der Waals surface area contributed by atoms with Crippen molar-refractivity contribution in [2.75, 3.05) is 14.2 Å². The van der Waals surface area contributed by atoms with E-state index in [9.17, 15) is 4.79 Å². The van der Waals surface area contributed by atoms with Crippen LogP contribution in [-0.2, 0) is 9.53 Å². The van der Waals surface area contributed by atoms with Crippen molar-refractivity contribution in [3.05, 3.63) is 35.9 Å². The SMILES string of the molecule is COC(=O)[C@@H]1C2CCC([C@@H]1c1ccccc1)N2C. The summed E-state index contributed by atoms with van der Waals surface area (Å²) in [7, 11) is 3.64. The smallest absolute Gasteiger partial charge is 0.310 e. The third-order valence-corrected chi connectivity index (χ3v) is 4.68. The van der Waals surface area contributed by atoms with Crippen molar-refractivity contribution >= 4 is 5.97 Å². The van der Waals surface area contributed by atoms with Crippen LogP contribution in [0.5, 0.6) is 0 Å². The Kier molecular flexibility index (Phi) is 2.86. The lowest BCUT2D eigenvalue weighted by molar-refractivity contribution is -0.147. The predicted octanol–water partition coefficient (Wildman–Crippen LogP) is 2.04. The fraction of sp³-hybridized carbons (Fsp3) is 0.533. The summed E-state index contributed by atoms with van der Waals surface area (Å²) >= 11 is 0. The van der Waals surface area contributed by atoms with E-state index in [1.165, 1.54) is 19.1 Å². The van der Waals surface area contributed by atoms with Gasteiger partial charge in [0.05, 0.1) is 13.0 Å². The highest BCUT2D eigenvalue weighted by molar-refractivity contribution is 5.75. The number of hydrogen-bond acceptors (Lipinski definition) is 3. The van der Waals surface area contributed by atoms with Gasteiger partial charge in [0.15, 0.2) is 0 Å². The summed E-state index contributed by atoms with van der Waals surface area (Å²) in [6.45, 7) is 0. The molecule has 3 nitrogen and oxygen atoms in total. The largest absolute Gasteiger partial charge is 0.469 e. The Morgan fingerprint density at radius 3 is 2.56 bits per heavy atom. The molecule has 3 heteroatoms. The van der Waals surface area contributed by atoms with Gasteiger partial charge in [-0.2, -0.15) is 0 Å². The van der Waals surface area contributed by atoms with E-state index in [1.54, 1.807) is 0 Å². The van der Waals surface area contributed by atoms with E-state index in [-0.39, 0.29) is 11.9 Å². The molecule has 0 amide bonds. The number of benzene rings is 1. The third-order valence-electron chi connectivity index (χ3n) is 4.68. The third kappa shape index (κ3) is 1.57. The Labute approximate surface area is 108 Å². The number of carbonyl (C=O) groups excluding carboxylic acids is 1. The molecule has 1 aromatic rings. The molecule has 1 aromatic carbocycles. The highest BCUT2D eigenvalue weighted by Gasteiger charge is 2.55. The quantitative estimate of drug-likeness (QED) is 0.747. The molecule has 2 fully saturated rings. The summed E-state index contributed by atoms with van der Waals surface area (Å²) in [5.41, 5.74) is 1.27. The van der Waals surface area contributed by atoms with Gasteiger partial charge in [-0.05, 0) is 25.5 Å². The Morgan fingerprint density at radius 1 is 1.22 bits per heavy atom. The minimum atomic E-state index is -0.0529. The summed E-state index contributed by atoms with van der Waals surface area (Å²) in [5.74, 6) is 0.242. The highest BCUT2D eigenvalue weighted by Crippen LogP contribution is 2.50. The number of carbonyl (C=O) groups is 1. The molecule has 2 bridgehead atoms. The molecule has 0 N–H and O–H groups in total. The number of fused-ring (bicyclic) bond motifs is 2. The van der Waals surface area contributed by atoms with Crippen LogP contribution >= 0.6 is 0 Å². The van der Waals surface area contributed by atoms with Crippen molar-refractivity contribution in [1.82, 2.24) is 4.90 Å². The van der Waals surface area contributed by atoms with Gasteiger partial charge in [0, 0.05) is 18.0 Å². The summed E-state index contributed by atoms with van der Waals surface area (Å²) in [6.07, 6.45) is 2.30. The second-order valence-electron chi connectivity index (χ2n) is 5.36. The van der Waals surface area contributed by atoms with Crippen molar-refractivity contribution in [2.24, 2.45) is 5.92 Å². The number of esters is 1. The normalized spacial score (nSPS) is 34.8. The Hall–Kier alpha value is -1.35. The van der Waals surface area contributed by atoms with Crippen molar-refractivity contribution in [3.8, 4) is 0 Å². The van der Waals surface area contributed by atoms with Crippen LogP contribution in [0.1, 0.15) is 24.3 Å². The van der Waals surface area contributed by atoms with Gasteiger partial charge in [-0.1, -0.05) is 30.3 Å². The molecule has 18 heavy (non-hydrogen) atoms. The maximum atomic E-state index is 12.1. The number of rotatable bonds is 2. The maximum absolute atomic E-state index is 12.1. The first-order chi connectivity index (χ1) is 8.74. The standard InChI is InChI=1S/C15H19NO2/c1-16-11-8-9-12(16)14(15(17)18-2)13(11)10-6-4-3-5-7-10/h3-7,11-14H,8-9H2,1-2H3/t11?,12?,13-,14+/m0/s1. The number of ether oxygens (including phenoxy) is 1. The van der Waals surface area contributed by atoms with Gasteiger partial charge in [0.25, 0.3) is 0 Å². The van der Waals surface area contributed by atoms with E-state index in [0.29, 0.717) is 18.0 Å². The lowest BCUT2D eigenvalue weighted by Crippen LogP contribution is -2.33. The zero-order chi connectivity index (χ0) is 12.7. The topological polar surface area (TPSA) is 29.5 Å². The molecule has 96 valence electrons. The van der Waals surface area contributed by atoms with Crippen LogP contribution < -0.4 is 0 Å². The fourth-order valence-corrected chi connectivity index (χ4v) is 3.88. The Morgan fingerprint density at radius 2 is 1.89 bits per heavy atom. The number of nitrogens with zero attached hydrogens (tertiary/aromatic N) is 1. The summed E-state index contributed by atoms with van der Waals surface area (Å²) < 4.78 is 5.02. The molecule has 4 atom stereocenters. The van der Waals surface area contributed by atoms with Crippen LogP contribution in [0.15, 0.2) is 30.3 Å². The lowest BCUT2D eigenvalue weighted by Gasteiger charge is -2.27. The molecule has 0 radical (unpaired) electrons. The van der Waals surface area contributed by atoms with Gasteiger partial charge in [0.1, 0.15) is 0 Å². The first-order valence-corrected chi connectivity index (χ1v) is 6.58. The molecule has 0 aliphatic carbocycles. The zero-order valence-corrected chi connectivity index (χ0v) is 10.9.